The molecule has 2 atom stereocenters. The minimum absolute atomic E-state index is 0.0226. The van der Waals surface area contributed by atoms with E-state index in [1.54, 1.807) is 25.2 Å². The standard InChI is InChI=1S/C16H21NO5/c1-10-8-11(4-5-13(10)22-3)15-12(16(19)20)9-14(18)17(15)6-7-21-2/h4-5,8,12,15H,6-7,9H2,1-3H3,(H,19,20). The van der Waals surface area contributed by atoms with E-state index in [1.165, 1.54) is 0 Å². The van der Waals surface area contributed by atoms with E-state index in [0.717, 1.165) is 16.9 Å². The summed E-state index contributed by atoms with van der Waals surface area (Å²) in [5.74, 6) is -1.10. The van der Waals surface area contributed by atoms with Gasteiger partial charge in [-0.2, -0.15) is 0 Å². The van der Waals surface area contributed by atoms with Gasteiger partial charge in [-0.1, -0.05) is 12.1 Å². The maximum atomic E-state index is 12.2. The van der Waals surface area contributed by atoms with Crippen molar-refractivity contribution in [1.82, 2.24) is 4.90 Å². The largest absolute Gasteiger partial charge is 0.496 e. The monoisotopic (exact) mass is 307 g/mol. The molecule has 0 saturated carbocycles. The molecule has 6 heteroatoms. The van der Waals surface area contributed by atoms with Crippen LogP contribution in [0.4, 0.5) is 0 Å². The zero-order valence-corrected chi connectivity index (χ0v) is 13.0. The molecule has 22 heavy (non-hydrogen) atoms. The summed E-state index contributed by atoms with van der Waals surface area (Å²) in [4.78, 5) is 25.3. The van der Waals surface area contributed by atoms with Crippen LogP contribution in [0, 0.1) is 12.8 Å². The number of nitrogens with zero attached hydrogens (tertiary/aromatic N) is 1. The zero-order valence-electron chi connectivity index (χ0n) is 13.0. The first-order chi connectivity index (χ1) is 10.5. The molecule has 1 aromatic carbocycles. The van der Waals surface area contributed by atoms with Crippen LogP contribution in [0.15, 0.2) is 18.2 Å². The Hall–Kier alpha value is -2.08. The van der Waals surface area contributed by atoms with Crippen LogP contribution in [0.2, 0.25) is 0 Å². The third-order valence-corrected chi connectivity index (χ3v) is 4.05. The lowest BCUT2D eigenvalue weighted by Gasteiger charge is -2.27. The Balaban J connectivity index is 2.38. The number of hydrogen-bond donors (Lipinski definition) is 1. The lowest BCUT2D eigenvalue weighted by atomic mass is 9.92. The van der Waals surface area contributed by atoms with Gasteiger partial charge in [0.1, 0.15) is 5.75 Å². The molecule has 1 aliphatic rings. The van der Waals surface area contributed by atoms with Gasteiger partial charge >= 0.3 is 5.97 Å². The lowest BCUT2D eigenvalue weighted by molar-refractivity contribution is -0.142. The second kappa shape index (κ2) is 6.79. The van der Waals surface area contributed by atoms with Gasteiger partial charge in [0.05, 0.1) is 25.7 Å². The number of carboxylic acids is 1. The van der Waals surface area contributed by atoms with E-state index in [4.69, 9.17) is 9.47 Å². The molecule has 0 aromatic heterocycles. The number of rotatable bonds is 6. The number of aryl methyl sites for hydroxylation is 1. The predicted octanol–water partition coefficient (Wildman–Crippen LogP) is 1.62. The van der Waals surface area contributed by atoms with Crippen molar-refractivity contribution in [3.63, 3.8) is 0 Å². The number of carbonyl (C=O) groups excluding carboxylic acids is 1. The van der Waals surface area contributed by atoms with Crippen molar-refractivity contribution in [3.8, 4) is 5.75 Å². The summed E-state index contributed by atoms with van der Waals surface area (Å²) >= 11 is 0. The number of likely N-dealkylation sites (tertiary alicyclic amines) is 1. The molecule has 1 N–H and O–H groups in total. The van der Waals surface area contributed by atoms with E-state index in [-0.39, 0.29) is 12.3 Å². The minimum Gasteiger partial charge on any atom is -0.496 e. The molecule has 1 aliphatic heterocycles. The Morgan fingerprint density at radius 1 is 1.41 bits per heavy atom. The fourth-order valence-electron chi connectivity index (χ4n) is 2.96. The third-order valence-electron chi connectivity index (χ3n) is 4.05. The first-order valence-corrected chi connectivity index (χ1v) is 7.15. The van der Waals surface area contributed by atoms with Crippen LogP contribution in [-0.2, 0) is 14.3 Å². The van der Waals surface area contributed by atoms with Crippen LogP contribution in [-0.4, -0.2) is 49.3 Å². The number of carbonyl (C=O) groups is 2. The number of ether oxygens (including phenoxy) is 2. The third kappa shape index (κ3) is 3.06. The maximum absolute atomic E-state index is 12.2. The van der Waals surface area contributed by atoms with E-state index in [1.807, 2.05) is 19.1 Å². The molecule has 120 valence electrons. The van der Waals surface area contributed by atoms with Gasteiger partial charge < -0.3 is 19.5 Å². The van der Waals surface area contributed by atoms with Crippen molar-refractivity contribution in [2.24, 2.45) is 5.92 Å². The molecule has 1 fully saturated rings. The van der Waals surface area contributed by atoms with Crippen molar-refractivity contribution in [2.75, 3.05) is 27.4 Å². The molecule has 6 nitrogen and oxygen atoms in total. The molecular weight excluding hydrogens is 286 g/mol. The number of methoxy groups -OCH3 is 2. The summed E-state index contributed by atoms with van der Waals surface area (Å²) in [6.45, 7) is 2.66. The van der Waals surface area contributed by atoms with Gasteiger partial charge in [-0.3, -0.25) is 9.59 Å². The highest BCUT2D eigenvalue weighted by molar-refractivity contribution is 5.87. The fraction of sp³-hybridized carbons (Fsp3) is 0.500. The van der Waals surface area contributed by atoms with E-state index in [0.29, 0.717) is 13.2 Å². The summed E-state index contributed by atoms with van der Waals surface area (Å²) in [6, 6.07) is 5.05. The molecule has 1 heterocycles. The Bertz CT molecular complexity index is 572. The Morgan fingerprint density at radius 3 is 2.68 bits per heavy atom. The fourth-order valence-corrected chi connectivity index (χ4v) is 2.96. The SMILES string of the molecule is COCCN1C(=O)CC(C(=O)O)C1c1ccc(OC)c(C)c1. The first-order valence-electron chi connectivity index (χ1n) is 7.15. The summed E-state index contributed by atoms with van der Waals surface area (Å²) in [5, 5.41) is 9.44. The summed E-state index contributed by atoms with van der Waals surface area (Å²) in [5.41, 5.74) is 1.72. The van der Waals surface area contributed by atoms with Crippen LogP contribution >= 0.6 is 0 Å². The van der Waals surface area contributed by atoms with Gasteiger partial charge in [-0.15, -0.1) is 0 Å². The van der Waals surface area contributed by atoms with Crippen LogP contribution in [0.5, 0.6) is 5.75 Å². The van der Waals surface area contributed by atoms with E-state index >= 15 is 0 Å². The molecule has 1 aromatic rings. The van der Waals surface area contributed by atoms with Gasteiger partial charge in [0, 0.05) is 20.1 Å². The molecule has 2 rings (SSSR count). The van der Waals surface area contributed by atoms with Gasteiger partial charge in [0.25, 0.3) is 0 Å². The Morgan fingerprint density at radius 2 is 2.14 bits per heavy atom. The topological polar surface area (TPSA) is 76.1 Å². The quantitative estimate of drug-likeness (QED) is 0.864. The second-order valence-corrected chi connectivity index (χ2v) is 5.40. The van der Waals surface area contributed by atoms with Gasteiger partial charge in [0.2, 0.25) is 5.91 Å². The summed E-state index contributed by atoms with van der Waals surface area (Å²) in [7, 11) is 3.15. The van der Waals surface area contributed by atoms with Crippen molar-refractivity contribution in [1.29, 1.82) is 0 Å². The average molecular weight is 307 g/mol. The molecule has 0 bridgehead atoms. The van der Waals surface area contributed by atoms with Crippen molar-refractivity contribution < 1.29 is 24.2 Å². The Labute approximate surface area is 129 Å². The molecule has 2 unspecified atom stereocenters. The first kappa shape index (κ1) is 16.3. The molecular formula is C16H21NO5. The zero-order chi connectivity index (χ0) is 16.3. The van der Waals surface area contributed by atoms with Crippen molar-refractivity contribution in [2.45, 2.75) is 19.4 Å². The Kier molecular flexibility index (Phi) is 5.03. The number of aliphatic carboxylic acids is 1. The lowest BCUT2D eigenvalue weighted by Crippen LogP contribution is -2.33. The highest BCUT2D eigenvalue weighted by Crippen LogP contribution is 2.39. The maximum Gasteiger partial charge on any atom is 0.309 e. The van der Waals surface area contributed by atoms with E-state index in [2.05, 4.69) is 0 Å². The average Bonchev–Trinajstić information content (AvgIpc) is 2.82. The van der Waals surface area contributed by atoms with Gasteiger partial charge in [-0.25, -0.2) is 0 Å². The minimum atomic E-state index is -0.952. The molecule has 0 aliphatic carbocycles. The molecule has 1 amide bonds. The molecule has 0 radical (unpaired) electrons. The highest BCUT2D eigenvalue weighted by Gasteiger charge is 2.44. The predicted molar refractivity (Wildman–Crippen MR) is 79.8 cm³/mol. The molecule has 1 saturated heterocycles. The number of benzene rings is 1. The second-order valence-electron chi connectivity index (χ2n) is 5.40. The van der Waals surface area contributed by atoms with Crippen LogP contribution in [0.3, 0.4) is 0 Å². The van der Waals surface area contributed by atoms with Gasteiger partial charge in [-0.05, 0) is 24.1 Å². The van der Waals surface area contributed by atoms with E-state index < -0.39 is 17.9 Å². The number of amides is 1. The molecule has 0 spiro atoms. The van der Waals surface area contributed by atoms with Crippen molar-refractivity contribution in [3.05, 3.63) is 29.3 Å². The van der Waals surface area contributed by atoms with Crippen LogP contribution in [0.25, 0.3) is 0 Å². The van der Waals surface area contributed by atoms with E-state index in [9.17, 15) is 14.7 Å². The van der Waals surface area contributed by atoms with Gasteiger partial charge in [0.15, 0.2) is 0 Å². The normalized spacial score (nSPS) is 21.2. The number of hydrogen-bond acceptors (Lipinski definition) is 4. The van der Waals surface area contributed by atoms with Crippen LogP contribution in [0.1, 0.15) is 23.6 Å². The smallest absolute Gasteiger partial charge is 0.309 e. The van der Waals surface area contributed by atoms with Crippen LogP contribution < -0.4 is 4.74 Å². The van der Waals surface area contributed by atoms with Crippen molar-refractivity contribution >= 4 is 11.9 Å². The summed E-state index contributed by atoms with van der Waals surface area (Å²) in [6.07, 6.45) is 0.0226. The summed E-state index contributed by atoms with van der Waals surface area (Å²) < 4.78 is 10.3. The highest BCUT2D eigenvalue weighted by atomic mass is 16.5. The number of carboxylic acid groups (broad SMARTS) is 1.